The zero-order valence-electron chi connectivity index (χ0n) is 11.6. The first-order chi connectivity index (χ1) is 10.1. The van der Waals surface area contributed by atoms with Crippen molar-refractivity contribution in [3.8, 4) is 0 Å². The lowest BCUT2D eigenvalue weighted by atomic mass is 10.1. The number of benzene rings is 2. The van der Waals surface area contributed by atoms with Crippen LogP contribution >= 0.6 is 23.2 Å². The summed E-state index contributed by atoms with van der Waals surface area (Å²) >= 11 is 11.8. The second-order valence-corrected chi connectivity index (χ2v) is 5.50. The zero-order valence-corrected chi connectivity index (χ0v) is 13.1. The Bertz CT molecular complexity index is 617. The molecule has 0 aliphatic rings. The lowest BCUT2D eigenvalue weighted by Crippen LogP contribution is -2.32. The fraction of sp³-hybridized carbons (Fsp3) is 0.188. The highest BCUT2D eigenvalue weighted by Gasteiger charge is 2.09. The molecule has 5 heteroatoms. The molecule has 3 nitrogen and oxygen atoms in total. The quantitative estimate of drug-likeness (QED) is 0.862. The fourth-order valence-corrected chi connectivity index (χ4v) is 2.20. The summed E-state index contributed by atoms with van der Waals surface area (Å²) in [5, 5.41) is 6.89. The summed E-state index contributed by atoms with van der Waals surface area (Å²) in [6.07, 6.45) is 0. The van der Waals surface area contributed by atoms with E-state index in [4.69, 9.17) is 23.2 Å². The van der Waals surface area contributed by atoms with Gasteiger partial charge in [0.15, 0.2) is 0 Å². The summed E-state index contributed by atoms with van der Waals surface area (Å²) in [6, 6.07) is 14.9. The third-order valence-corrected chi connectivity index (χ3v) is 3.79. The Kier molecular flexibility index (Phi) is 5.48. The van der Waals surface area contributed by atoms with Gasteiger partial charge in [0.05, 0.1) is 22.6 Å². The van der Waals surface area contributed by atoms with Crippen LogP contribution in [0.15, 0.2) is 48.5 Å². The van der Waals surface area contributed by atoms with Gasteiger partial charge >= 0.3 is 0 Å². The molecular formula is C16H16Cl2N2O. The number of carbonyl (C=O) groups is 1. The Morgan fingerprint density at radius 2 is 1.81 bits per heavy atom. The third kappa shape index (κ3) is 4.66. The minimum atomic E-state index is -0.0857. The van der Waals surface area contributed by atoms with Crippen LogP contribution in [0.4, 0.5) is 5.69 Å². The minimum Gasteiger partial charge on any atom is -0.376 e. The standard InChI is InChI=1S/C16H16Cl2N2O/c1-11(12-5-3-2-4-6-12)20-16(21)10-19-13-7-8-14(17)15(18)9-13/h2-9,11,19H,10H2,1H3,(H,20,21)/t11-/m1/s1. The predicted molar refractivity (Wildman–Crippen MR) is 88.0 cm³/mol. The number of halogens is 2. The van der Waals surface area contributed by atoms with Gasteiger partial charge in [-0.25, -0.2) is 0 Å². The highest BCUT2D eigenvalue weighted by molar-refractivity contribution is 6.42. The van der Waals surface area contributed by atoms with Gasteiger partial charge in [0.25, 0.3) is 0 Å². The Labute approximate surface area is 134 Å². The van der Waals surface area contributed by atoms with Crippen molar-refractivity contribution in [1.29, 1.82) is 0 Å². The van der Waals surface area contributed by atoms with E-state index in [9.17, 15) is 4.79 Å². The molecule has 2 aromatic rings. The van der Waals surface area contributed by atoms with Gasteiger partial charge in [-0.3, -0.25) is 4.79 Å². The Balaban J connectivity index is 1.86. The van der Waals surface area contributed by atoms with E-state index < -0.39 is 0 Å². The molecule has 1 amide bonds. The minimum absolute atomic E-state index is 0.0331. The summed E-state index contributed by atoms with van der Waals surface area (Å²) in [7, 11) is 0. The molecule has 0 fully saturated rings. The Morgan fingerprint density at radius 1 is 1.10 bits per heavy atom. The van der Waals surface area contributed by atoms with Gasteiger partial charge in [0.1, 0.15) is 0 Å². The van der Waals surface area contributed by atoms with Gasteiger partial charge < -0.3 is 10.6 Å². The van der Waals surface area contributed by atoms with Crippen molar-refractivity contribution in [3.63, 3.8) is 0 Å². The molecule has 21 heavy (non-hydrogen) atoms. The van der Waals surface area contributed by atoms with E-state index in [1.807, 2.05) is 37.3 Å². The van der Waals surface area contributed by atoms with Crippen LogP contribution in [0.5, 0.6) is 0 Å². The van der Waals surface area contributed by atoms with Crippen LogP contribution in [0.2, 0.25) is 10.0 Å². The lowest BCUT2D eigenvalue weighted by molar-refractivity contribution is -0.120. The average molecular weight is 323 g/mol. The monoisotopic (exact) mass is 322 g/mol. The first-order valence-corrected chi connectivity index (χ1v) is 7.35. The molecule has 2 aromatic carbocycles. The normalized spacial score (nSPS) is 11.8. The number of hydrogen-bond acceptors (Lipinski definition) is 2. The van der Waals surface area contributed by atoms with Crippen molar-refractivity contribution < 1.29 is 4.79 Å². The number of carbonyl (C=O) groups excluding carboxylic acids is 1. The number of anilines is 1. The van der Waals surface area contributed by atoms with Crippen LogP contribution in [0.3, 0.4) is 0 Å². The van der Waals surface area contributed by atoms with Crippen LogP contribution in [-0.4, -0.2) is 12.5 Å². The molecule has 0 saturated heterocycles. The van der Waals surface area contributed by atoms with E-state index in [0.29, 0.717) is 10.0 Å². The van der Waals surface area contributed by atoms with Crippen LogP contribution in [0, 0.1) is 0 Å². The molecule has 0 aliphatic heterocycles. The molecule has 1 atom stereocenters. The topological polar surface area (TPSA) is 41.1 Å². The van der Waals surface area contributed by atoms with Crippen molar-refractivity contribution in [2.45, 2.75) is 13.0 Å². The van der Waals surface area contributed by atoms with E-state index >= 15 is 0 Å². The summed E-state index contributed by atoms with van der Waals surface area (Å²) in [5.74, 6) is -0.0857. The molecule has 0 unspecified atom stereocenters. The van der Waals surface area contributed by atoms with E-state index in [1.54, 1.807) is 18.2 Å². The lowest BCUT2D eigenvalue weighted by Gasteiger charge is -2.15. The van der Waals surface area contributed by atoms with Gasteiger partial charge in [-0.15, -0.1) is 0 Å². The van der Waals surface area contributed by atoms with Crippen molar-refractivity contribution in [2.75, 3.05) is 11.9 Å². The number of hydrogen-bond donors (Lipinski definition) is 2. The van der Waals surface area contributed by atoms with Gasteiger partial charge in [-0.05, 0) is 30.7 Å². The van der Waals surface area contributed by atoms with Crippen molar-refractivity contribution in [2.24, 2.45) is 0 Å². The van der Waals surface area contributed by atoms with E-state index in [1.165, 1.54) is 0 Å². The Morgan fingerprint density at radius 3 is 2.48 bits per heavy atom. The smallest absolute Gasteiger partial charge is 0.239 e. The van der Waals surface area contributed by atoms with Gasteiger partial charge in [-0.1, -0.05) is 53.5 Å². The van der Waals surface area contributed by atoms with E-state index in [-0.39, 0.29) is 18.5 Å². The predicted octanol–water partition coefficient (Wildman–Crippen LogP) is 4.28. The maximum Gasteiger partial charge on any atom is 0.239 e. The largest absolute Gasteiger partial charge is 0.376 e. The van der Waals surface area contributed by atoms with Gasteiger partial charge in [0, 0.05) is 5.69 Å². The number of rotatable bonds is 5. The number of amides is 1. The molecule has 2 rings (SSSR count). The molecule has 0 spiro atoms. The highest BCUT2D eigenvalue weighted by atomic mass is 35.5. The van der Waals surface area contributed by atoms with Crippen LogP contribution < -0.4 is 10.6 Å². The molecule has 0 radical (unpaired) electrons. The SMILES string of the molecule is C[C@@H](NC(=O)CNc1ccc(Cl)c(Cl)c1)c1ccccc1. The highest BCUT2D eigenvalue weighted by Crippen LogP contribution is 2.24. The van der Waals surface area contributed by atoms with E-state index in [0.717, 1.165) is 11.3 Å². The third-order valence-electron chi connectivity index (χ3n) is 3.05. The van der Waals surface area contributed by atoms with Gasteiger partial charge in [-0.2, -0.15) is 0 Å². The van der Waals surface area contributed by atoms with Gasteiger partial charge in [0.2, 0.25) is 5.91 Å². The maximum absolute atomic E-state index is 11.9. The summed E-state index contributed by atoms with van der Waals surface area (Å²) in [6.45, 7) is 2.13. The van der Waals surface area contributed by atoms with Crippen molar-refractivity contribution in [1.82, 2.24) is 5.32 Å². The molecular weight excluding hydrogens is 307 g/mol. The summed E-state index contributed by atoms with van der Waals surface area (Å²) in [4.78, 5) is 11.9. The first kappa shape index (κ1) is 15.7. The zero-order chi connectivity index (χ0) is 15.2. The van der Waals surface area contributed by atoms with E-state index in [2.05, 4.69) is 10.6 Å². The second kappa shape index (κ2) is 7.34. The molecule has 0 bridgehead atoms. The maximum atomic E-state index is 11.9. The second-order valence-electron chi connectivity index (χ2n) is 4.68. The Hall–Kier alpha value is -1.71. The summed E-state index contributed by atoms with van der Waals surface area (Å²) < 4.78 is 0. The molecule has 0 saturated carbocycles. The molecule has 0 heterocycles. The molecule has 0 aliphatic carbocycles. The molecule has 110 valence electrons. The average Bonchev–Trinajstić information content (AvgIpc) is 2.49. The molecule has 0 aromatic heterocycles. The molecule has 2 N–H and O–H groups in total. The van der Waals surface area contributed by atoms with Crippen LogP contribution in [0.25, 0.3) is 0 Å². The van der Waals surface area contributed by atoms with Crippen molar-refractivity contribution in [3.05, 3.63) is 64.1 Å². The van der Waals surface area contributed by atoms with Crippen molar-refractivity contribution >= 4 is 34.8 Å². The number of nitrogens with one attached hydrogen (secondary N) is 2. The van der Waals surface area contributed by atoms with Crippen LogP contribution in [0.1, 0.15) is 18.5 Å². The fourth-order valence-electron chi connectivity index (χ4n) is 1.91. The summed E-state index contributed by atoms with van der Waals surface area (Å²) in [5.41, 5.74) is 1.83. The van der Waals surface area contributed by atoms with Crippen LogP contribution in [-0.2, 0) is 4.79 Å². The first-order valence-electron chi connectivity index (χ1n) is 6.59.